The summed E-state index contributed by atoms with van der Waals surface area (Å²) in [5, 5.41) is 13.9. The maximum absolute atomic E-state index is 11.6. The lowest BCUT2D eigenvalue weighted by atomic mass is 10.1. The molecule has 114 valence electrons. The van der Waals surface area contributed by atoms with Gasteiger partial charge in [-0.2, -0.15) is 0 Å². The Labute approximate surface area is 122 Å². The van der Waals surface area contributed by atoms with Gasteiger partial charge in [-0.15, -0.1) is 0 Å². The third-order valence-electron chi connectivity index (χ3n) is 2.66. The minimum Gasteiger partial charge on any atom is -0.481 e. The zero-order chi connectivity index (χ0) is 15.8. The maximum Gasteiger partial charge on any atom is 0.319 e. The topological polar surface area (TPSA) is 98.7 Å². The second-order valence-corrected chi connectivity index (χ2v) is 4.69. The van der Waals surface area contributed by atoms with Gasteiger partial charge in [-0.3, -0.25) is 9.59 Å². The highest BCUT2D eigenvalue weighted by molar-refractivity contribution is 5.89. The number of anilines is 1. The number of carbonyl (C=O) groups excluding carboxylic acids is 2. The first-order valence-corrected chi connectivity index (χ1v) is 6.44. The fraction of sp³-hybridized carbons (Fsp3) is 0.357. The summed E-state index contributed by atoms with van der Waals surface area (Å²) < 4.78 is 0. The fourth-order valence-corrected chi connectivity index (χ4v) is 1.62. The van der Waals surface area contributed by atoms with E-state index in [1.165, 1.54) is 4.90 Å². The van der Waals surface area contributed by atoms with Crippen LogP contribution < -0.4 is 10.6 Å². The van der Waals surface area contributed by atoms with Crippen LogP contribution in [0.1, 0.15) is 12.0 Å². The molecule has 3 amide bonds. The lowest BCUT2D eigenvalue weighted by Crippen LogP contribution is -2.33. The van der Waals surface area contributed by atoms with Crippen LogP contribution in [0.3, 0.4) is 0 Å². The van der Waals surface area contributed by atoms with Crippen LogP contribution in [0.25, 0.3) is 0 Å². The van der Waals surface area contributed by atoms with Gasteiger partial charge in [0, 0.05) is 32.7 Å². The zero-order valence-corrected chi connectivity index (χ0v) is 12.0. The molecule has 7 nitrogen and oxygen atoms in total. The van der Waals surface area contributed by atoms with Crippen LogP contribution in [-0.4, -0.2) is 48.6 Å². The normalized spacial score (nSPS) is 9.81. The highest BCUT2D eigenvalue weighted by Gasteiger charge is 2.07. The lowest BCUT2D eigenvalue weighted by molar-refractivity contribution is -0.136. The largest absolute Gasteiger partial charge is 0.481 e. The molecule has 0 unspecified atom stereocenters. The zero-order valence-electron chi connectivity index (χ0n) is 12.0. The van der Waals surface area contributed by atoms with Crippen LogP contribution in [0, 0.1) is 0 Å². The molecule has 0 heterocycles. The van der Waals surface area contributed by atoms with Crippen LogP contribution >= 0.6 is 0 Å². The molecular formula is C14H19N3O4. The lowest BCUT2D eigenvalue weighted by Gasteiger charge is -2.11. The number of carboxylic acid groups (broad SMARTS) is 1. The van der Waals surface area contributed by atoms with Gasteiger partial charge in [0.2, 0.25) is 5.91 Å². The quantitative estimate of drug-likeness (QED) is 0.726. The number of nitrogens with one attached hydrogen (secondary N) is 2. The monoisotopic (exact) mass is 293 g/mol. The molecular weight excluding hydrogens is 274 g/mol. The Bertz CT molecular complexity index is 529. The first-order chi connectivity index (χ1) is 9.88. The van der Waals surface area contributed by atoms with Crippen molar-refractivity contribution in [2.75, 3.05) is 26.0 Å². The van der Waals surface area contributed by atoms with Gasteiger partial charge in [-0.1, -0.05) is 12.1 Å². The minimum atomic E-state index is -0.932. The number of hydrogen-bond acceptors (Lipinski definition) is 3. The number of carbonyl (C=O) groups is 3. The molecule has 0 aliphatic heterocycles. The summed E-state index contributed by atoms with van der Waals surface area (Å²) in [6.07, 6.45) is 0.119. The average molecular weight is 293 g/mol. The number of hydrogen-bond donors (Lipinski definition) is 3. The third-order valence-corrected chi connectivity index (χ3v) is 2.66. The molecule has 0 atom stereocenters. The summed E-state index contributed by atoms with van der Waals surface area (Å²) in [6, 6.07) is 6.17. The smallest absolute Gasteiger partial charge is 0.319 e. The number of nitrogens with zero attached hydrogens (tertiary/aromatic N) is 1. The Balaban J connectivity index is 2.44. The van der Waals surface area contributed by atoms with Crippen LogP contribution in [-0.2, 0) is 16.0 Å². The summed E-state index contributed by atoms with van der Waals surface area (Å²) in [7, 11) is 3.30. The molecule has 3 N–H and O–H groups in total. The van der Waals surface area contributed by atoms with Crippen molar-refractivity contribution < 1.29 is 19.5 Å². The van der Waals surface area contributed by atoms with E-state index in [1.807, 2.05) is 0 Å². The van der Waals surface area contributed by atoms with Crippen molar-refractivity contribution in [2.45, 2.75) is 12.8 Å². The number of benzene rings is 1. The molecule has 0 aromatic heterocycles. The Hall–Kier alpha value is -2.57. The number of aliphatic carboxylic acids is 1. The summed E-state index contributed by atoms with van der Waals surface area (Å²) in [5.74, 6) is -1.00. The predicted molar refractivity (Wildman–Crippen MR) is 78.1 cm³/mol. The first kappa shape index (κ1) is 16.5. The van der Waals surface area contributed by atoms with Crippen LogP contribution in [0.5, 0.6) is 0 Å². The van der Waals surface area contributed by atoms with Crippen molar-refractivity contribution in [3.63, 3.8) is 0 Å². The van der Waals surface area contributed by atoms with Crippen molar-refractivity contribution in [1.29, 1.82) is 0 Å². The van der Waals surface area contributed by atoms with Crippen LogP contribution in [0.15, 0.2) is 24.3 Å². The molecule has 21 heavy (non-hydrogen) atoms. The van der Waals surface area contributed by atoms with E-state index in [0.29, 0.717) is 11.3 Å². The Morgan fingerprint density at radius 3 is 2.57 bits per heavy atom. The molecule has 1 aromatic carbocycles. The molecule has 0 aliphatic carbocycles. The first-order valence-electron chi connectivity index (χ1n) is 6.44. The molecule has 0 aliphatic rings. The Morgan fingerprint density at radius 1 is 1.24 bits per heavy atom. The molecule has 0 bridgehead atoms. The van der Waals surface area contributed by atoms with E-state index < -0.39 is 12.0 Å². The van der Waals surface area contributed by atoms with E-state index in [2.05, 4.69) is 10.6 Å². The van der Waals surface area contributed by atoms with E-state index in [4.69, 9.17) is 5.11 Å². The summed E-state index contributed by atoms with van der Waals surface area (Å²) in [5.41, 5.74) is 1.10. The Kier molecular flexibility index (Phi) is 6.19. The van der Waals surface area contributed by atoms with Gasteiger partial charge < -0.3 is 20.6 Å². The minimum absolute atomic E-state index is 0.0706. The molecule has 1 rings (SSSR count). The maximum atomic E-state index is 11.6. The van der Waals surface area contributed by atoms with Gasteiger partial charge in [0.05, 0.1) is 6.42 Å². The second kappa shape index (κ2) is 7.88. The van der Waals surface area contributed by atoms with E-state index in [9.17, 15) is 14.4 Å². The molecule has 0 fully saturated rings. The number of carboxylic acids is 1. The van der Waals surface area contributed by atoms with Gasteiger partial charge in [0.25, 0.3) is 0 Å². The molecule has 0 radical (unpaired) electrons. The molecule has 0 saturated carbocycles. The Morgan fingerprint density at radius 2 is 1.95 bits per heavy atom. The van der Waals surface area contributed by atoms with Crippen molar-refractivity contribution >= 4 is 23.6 Å². The molecule has 1 aromatic rings. The van der Waals surface area contributed by atoms with Crippen molar-refractivity contribution in [3.05, 3.63) is 29.8 Å². The summed E-state index contributed by atoms with van der Waals surface area (Å²) >= 11 is 0. The van der Waals surface area contributed by atoms with Crippen molar-refractivity contribution in [2.24, 2.45) is 0 Å². The van der Waals surface area contributed by atoms with E-state index >= 15 is 0 Å². The number of amides is 3. The summed E-state index contributed by atoms with van der Waals surface area (Å²) in [6.45, 7) is 0.234. The van der Waals surface area contributed by atoms with Gasteiger partial charge in [0.1, 0.15) is 0 Å². The molecule has 0 saturated heterocycles. The SMILES string of the molecule is CN(C)C(=O)CCNC(=O)Nc1cccc(CC(=O)O)c1. The van der Waals surface area contributed by atoms with Crippen molar-refractivity contribution in [1.82, 2.24) is 10.2 Å². The average Bonchev–Trinajstić information content (AvgIpc) is 2.37. The second-order valence-electron chi connectivity index (χ2n) is 4.69. The van der Waals surface area contributed by atoms with Gasteiger partial charge in [-0.25, -0.2) is 4.79 Å². The van der Waals surface area contributed by atoms with E-state index in [0.717, 1.165) is 0 Å². The predicted octanol–water partition coefficient (Wildman–Crippen LogP) is 0.913. The van der Waals surface area contributed by atoms with E-state index in [-0.39, 0.29) is 25.3 Å². The highest BCUT2D eigenvalue weighted by atomic mass is 16.4. The third kappa shape index (κ3) is 6.42. The van der Waals surface area contributed by atoms with E-state index in [1.54, 1.807) is 38.4 Å². The van der Waals surface area contributed by atoms with Gasteiger partial charge >= 0.3 is 12.0 Å². The molecule has 7 heteroatoms. The van der Waals surface area contributed by atoms with Crippen molar-refractivity contribution in [3.8, 4) is 0 Å². The highest BCUT2D eigenvalue weighted by Crippen LogP contribution is 2.11. The number of urea groups is 1. The summed E-state index contributed by atoms with van der Waals surface area (Å²) in [4.78, 5) is 35.0. The fourth-order valence-electron chi connectivity index (χ4n) is 1.62. The molecule has 0 spiro atoms. The number of rotatable bonds is 6. The van der Waals surface area contributed by atoms with Crippen LogP contribution in [0.4, 0.5) is 10.5 Å². The van der Waals surface area contributed by atoms with Gasteiger partial charge in [-0.05, 0) is 17.7 Å². The van der Waals surface area contributed by atoms with Crippen LogP contribution in [0.2, 0.25) is 0 Å². The standard InChI is InChI=1S/C14H19N3O4/c1-17(2)12(18)6-7-15-14(21)16-11-5-3-4-10(8-11)9-13(19)20/h3-5,8H,6-7,9H2,1-2H3,(H,19,20)(H2,15,16,21). The van der Waals surface area contributed by atoms with Gasteiger partial charge in [0.15, 0.2) is 0 Å².